The van der Waals surface area contributed by atoms with Crippen molar-refractivity contribution in [1.29, 1.82) is 0 Å². The van der Waals surface area contributed by atoms with E-state index in [2.05, 4.69) is 0 Å². The highest BCUT2D eigenvalue weighted by Crippen LogP contribution is 2.26. The summed E-state index contributed by atoms with van der Waals surface area (Å²) < 4.78 is 5.23. The second-order valence-corrected chi connectivity index (χ2v) is 4.93. The third-order valence-corrected chi connectivity index (χ3v) is 3.37. The van der Waals surface area contributed by atoms with Crippen LogP contribution in [0.3, 0.4) is 0 Å². The van der Waals surface area contributed by atoms with Crippen LogP contribution >= 0.6 is 11.6 Å². The number of carbonyl (C=O) groups is 1. The van der Waals surface area contributed by atoms with E-state index in [0.29, 0.717) is 23.6 Å². The highest BCUT2D eigenvalue weighted by molar-refractivity contribution is 6.30. The SMILES string of the molecule is COc1ccc(Cl)cc1CC(=O)C1C=CC(N)C1. The molecule has 0 amide bonds. The Morgan fingerprint density at radius 1 is 1.50 bits per heavy atom. The molecule has 2 rings (SSSR count). The van der Waals surface area contributed by atoms with Gasteiger partial charge in [-0.2, -0.15) is 0 Å². The summed E-state index contributed by atoms with van der Waals surface area (Å²) in [6, 6.07) is 5.30. The molecule has 1 aromatic rings. The van der Waals surface area contributed by atoms with Crippen molar-refractivity contribution in [1.82, 2.24) is 0 Å². The summed E-state index contributed by atoms with van der Waals surface area (Å²) in [5, 5.41) is 0.609. The molecule has 0 saturated heterocycles. The first kappa shape index (κ1) is 13.1. The first-order valence-electron chi connectivity index (χ1n) is 5.89. The van der Waals surface area contributed by atoms with Crippen LogP contribution in [0.5, 0.6) is 5.75 Å². The van der Waals surface area contributed by atoms with Crippen molar-refractivity contribution in [3.8, 4) is 5.75 Å². The molecule has 1 aromatic carbocycles. The Morgan fingerprint density at radius 2 is 2.28 bits per heavy atom. The molecule has 2 N–H and O–H groups in total. The molecule has 3 nitrogen and oxygen atoms in total. The third kappa shape index (κ3) is 2.92. The van der Waals surface area contributed by atoms with Crippen LogP contribution in [-0.4, -0.2) is 18.9 Å². The summed E-state index contributed by atoms with van der Waals surface area (Å²) in [5.41, 5.74) is 6.57. The minimum absolute atomic E-state index is 0.000192. The molecule has 4 heteroatoms. The number of methoxy groups -OCH3 is 1. The lowest BCUT2D eigenvalue weighted by molar-refractivity contribution is -0.120. The van der Waals surface area contributed by atoms with E-state index in [1.807, 2.05) is 12.2 Å². The molecule has 0 radical (unpaired) electrons. The predicted octanol–water partition coefficient (Wildman–Crippen LogP) is 2.36. The second kappa shape index (κ2) is 5.55. The van der Waals surface area contributed by atoms with E-state index in [-0.39, 0.29) is 17.7 Å². The second-order valence-electron chi connectivity index (χ2n) is 4.49. The maximum absolute atomic E-state index is 12.1. The van der Waals surface area contributed by atoms with E-state index >= 15 is 0 Å². The number of hydrogen-bond donors (Lipinski definition) is 1. The molecular formula is C14H16ClNO2. The predicted molar refractivity (Wildman–Crippen MR) is 71.9 cm³/mol. The number of Topliss-reactive ketones (excluding diaryl/α,β-unsaturated/α-hetero) is 1. The minimum atomic E-state index is -0.0799. The van der Waals surface area contributed by atoms with Gasteiger partial charge in [0.1, 0.15) is 11.5 Å². The highest BCUT2D eigenvalue weighted by Gasteiger charge is 2.23. The van der Waals surface area contributed by atoms with Gasteiger partial charge in [0.25, 0.3) is 0 Å². The lowest BCUT2D eigenvalue weighted by Gasteiger charge is -2.11. The van der Waals surface area contributed by atoms with Crippen molar-refractivity contribution >= 4 is 17.4 Å². The maximum atomic E-state index is 12.1. The molecule has 0 saturated carbocycles. The van der Waals surface area contributed by atoms with E-state index in [9.17, 15) is 4.79 Å². The number of allylic oxidation sites excluding steroid dienone is 1. The number of hydrogen-bond acceptors (Lipinski definition) is 3. The summed E-state index contributed by atoms with van der Waals surface area (Å²) in [7, 11) is 1.59. The normalized spacial score (nSPS) is 22.2. The largest absolute Gasteiger partial charge is 0.496 e. The van der Waals surface area contributed by atoms with Crippen molar-refractivity contribution in [2.75, 3.05) is 7.11 Å². The van der Waals surface area contributed by atoms with Crippen molar-refractivity contribution in [3.05, 3.63) is 40.9 Å². The van der Waals surface area contributed by atoms with Crippen molar-refractivity contribution in [3.63, 3.8) is 0 Å². The first-order valence-corrected chi connectivity index (χ1v) is 6.27. The maximum Gasteiger partial charge on any atom is 0.144 e. The van der Waals surface area contributed by atoms with Crippen LogP contribution in [0.15, 0.2) is 30.4 Å². The zero-order chi connectivity index (χ0) is 13.1. The Morgan fingerprint density at radius 3 is 2.89 bits per heavy atom. The summed E-state index contributed by atoms with van der Waals surface area (Å²) in [6.45, 7) is 0. The standard InChI is InChI=1S/C14H16ClNO2/c1-18-14-5-3-11(15)6-10(14)8-13(17)9-2-4-12(16)7-9/h2-6,9,12H,7-8,16H2,1H3. The number of carbonyl (C=O) groups excluding carboxylic acids is 1. The fraction of sp³-hybridized carbons (Fsp3) is 0.357. The molecule has 1 aliphatic carbocycles. The number of rotatable bonds is 4. The molecule has 0 spiro atoms. The third-order valence-electron chi connectivity index (χ3n) is 3.14. The van der Waals surface area contributed by atoms with E-state index in [4.69, 9.17) is 22.1 Å². The topological polar surface area (TPSA) is 52.3 Å². The van der Waals surface area contributed by atoms with Gasteiger partial charge in [0.05, 0.1) is 7.11 Å². The zero-order valence-electron chi connectivity index (χ0n) is 10.2. The zero-order valence-corrected chi connectivity index (χ0v) is 11.0. The first-order chi connectivity index (χ1) is 8.60. The summed E-state index contributed by atoms with van der Waals surface area (Å²) in [5.74, 6) is 0.766. The summed E-state index contributed by atoms with van der Waals surface area (Å²) in [6.07, 6.45) is 4.80. The van der Waals surface area contributed by atoms with Crippen LogP contribution in [0.25, 0.3) is 0 Å². The van der Waals surface area contributed by atoms with Crippen LogP contribution < -0.4 is 10.5 Å². The molecule has 0 aliphatic heterocycles. The lowest BCUT2D eigenvalue weighted by atomic mass is 9.96. The van der Waals surface area contributed by atoms with Gasteiger partial charge in [-0.3, -0.25) is 4.79 Å². The van der Waals surface area contributed by atoms with Gasteiger partial charge >= 0.3 is 0 Å². The average Bonchev–Trinajstić information content (AvgIpc) is 2.76. The van der Waals surface area contributed by atoms with E-state index in [1.54, 1.807) is 25.3 Å². The van der Waals surface area contributed by atoms with Gasteiger partial charge in [-0.25, -0.2) is 0 Å². The van der Waals surface area contributed by atoms with E-state index in [1.165, 1.54) is 0 Å². The summed E-state index contributed by atoms with van der Waals surface area (Å²) in [4.78, 5) is 12.1. The van der Waals surface area contributed by atoms with Crippen LogP contribution in [0.2, 0.25) is 5.02 Å². The highest BCUT2D eigenvalue weighted by atomic mass is 35.5. The fourth-order valence-electron chi connectivity index (χ4n) is 2.17. The molecular weight excluding hydrogens is 250 g/mol. The monoisotopic (exact) mass is 265 g/mol. The minimum Gasteiger partial charge on any atom is -0.496 e. The Bertz CT molecular complexity index is 485. The molecule has 0 aromatic heterocycles. The fourth-order valence-corrected chi connectivity index (χ4v) is 2.36. The lowest BCUT2D eigenvalue weighted by Crippen LogP contribution is -2.20. The van der Waals surface area contributed by atoms with Crippen molar-refractivity contribution < 1.29 is 9.53 Å². The van der Waals surface area contributed by atoms with Crippen molar-refractivity contribution in [2.45, 2.75) is 18.9 Å². The Labute approximate surface area is 112 Å². The number of ether oxygens (including phenoxy) is 1. The van der Waals surface area contributed by atoms with Gasteiger partial charge in [-0.15, -0.1) is 0 Å². The van der Waals surface area contributed by atoms with Crippen molar-refractivity contribution in [2.24, 2.45) is 11.7 Å². The van der Waals surface area contributed by atoms with Gasteiger partial charge in [-0.05, 0) is 24.6 Å². The van der Waals surface area contributed by atoms with Gasteiger partial charge in [0.15, 0.2) is 0 Å². The van der Waals surface area contributed by atoms with Gasteiger partial charge < -0.3 is 10.5 Å². The molecule has 0 fully saturated rings. The summed E-state index contributed by atoms with van der Waals surface area (Å²) >= 11 is 5.94. The van der Waals surface area contributed by atoms with Crippen LogP contribution in [-0.2, 0) is 11.2 Å². The van der Waals surface area contributed by atoms with Gasteiger partial charge in [0, 0.05) is 29.0 Å². The number of nitrogens with two attached hydrogens (primary N) is 1. The Hall–Kier alpha value is -1.32. The molecule has 18 heavy (non-hydrogen) atoms. The van der Waals surface area contributed by atoms with E-state index in [0.717, 1.165) is 5.56 Å². The van der Waals surface area contributed by atoms with Crippen LogP contribution in [0.4, 0.5) is 0 Å². The average molecular weight is 266 g/mol. The Balaban J connectivity index is 2.11. The number of ketones is 1. The molecule has 0 bridgehead atoms. The quantitative estimate of drug-likeness (QED) is 0.851. The van der Waals surface area contributed by atoms with Gasteiger partial charge in [0.2, 0.25) is 0 Å². The molecule has 1 aliphatic rings. The molecule has 96 valence electrons. The molecule has 2 unspecified atom stereocenters. The molecule has 0 heterocycles. The van der Waals surface area contributed by atoms with Gasteiger partial charge in [-0.1, -0.05) is 23.8 Å². The smallest absolute Gasteiger partial charge is 0.144 e. The van der Waals surface area contributed by atoms with Crippen LogP contribution in [0, 0.1) is 5.92 Å². The Kier molecular flexibility index (Phi) is 4.04. The van der Waals surface area contributed by atoms with E-state index < -0.39 is 0 Å². The molecule has 2 atom stereocenters. The number of halogens is 1. The van der Waals surface area contributed by atoms with Crippen LogP contribution in [0.1, 0.15) is 12.0 Å². The number of benzene rings is 1.